The van der Waals surface area contributed by atoms with Crippen molar-refractivity contribution in [3.63, 3.8) is 0 Å². The highest BCUT2D eigenvalue weighted by molar-refractivity contribution is 7.92. The first kappa shape index (κ1) is 22.9. The molecular weight excluding hydrogens is 459 g/mol. The predicted molar refractivity (Wildman–Crippen MR) is 124 cm³/mol. The average molecular weight is 479 g/mol. The summed E-state index contributed by atoms with van der Waals surface area (Å²) < 4.78 is 33.0. The zero-order valence-corrected chi connectivity index (χ0v) is 19.1. The van der Waals surface area contributed by atoms with Gasteiger partial charge in [-0.15, -0.1) is 0 Å². The summed E-state index contributed by atoms with van der Waals surface area (Å²) >= 11 is 11.8. The lowest BCUT2D eigenvalue weighted by molar-refractivity contribution is -0.118. The Bertz CT molecular complexity index is 1190. The van der Waals surface area contributed by atoms with Crippen LogP contribution in [0, 0.1) is 13.8 Å². The highest BCUT2D eigenvalue weighted by Crippen LogP contribution is 2.25. The van der Waals surface area contributed by atoms with Crippen molar-refractivity contribution in [1.29, 1.82) is 0 Å². The molecular formula is C22H20Cl2N2O4S. The van der Waals surface area contributed by atoms with Crippen LogP contribution in [0.15, 0.2) is 65.6 Å². The molecule has 3 aromatic carbocycles. The molecule has 31 heavy (non-hydrogen) atoms. The third-order valence-electron chi connectivity index (χ3n) is 4.41. The highest BCUT2D eigenvalue weighted by atomic mass is 35.5. The molecule has 9 heteroatoms. The van der Waals surface area contributed by atoms with Gasteiger partial charge in [0.25, 0.3) is 15.9 Å². The van der Waals surface area contributed by atoms with Gasteiger partial charge in [-0.25, -0.2) is 8.42 Å². The number of nitrogens with one attached hydrogen (secondary N) is 2. The van der Waals surface area contributed by atoms with Crippen molar-refractivity contribution in [2.75, 3.05) is 16.6 Å². The van der Waals surface area contributed by atoms with E-state index in [0.717, 1.165) is 11.1 Å². The predicted octanol–water partition coefficient (Wildman–Crippen LogP) is 5.43. The Balaban J connectivity index is 1.60. The van der Waals surface area contributed by atoms with Gasteiger partial charge < -0.3 is 10.1 Å². The van der Waals surface area contributed by atoms with E-state index in [-0.39, 0.29) is 23.1 Å². The second-order valence-electron chi connectivity index (χ2n) is 6.87. The lowest BCUT2D eigenvalue weighted by Crippen LogP contribution is -2.20. The molecule has 0 saturated heterocycles. The van der Waals surface area contributed by atoms with Gasteiger partial charge >= 0.3 is 0 Å². The van der Waals surface area contributed by atoms with E-state index >= 15 is 0 Å². The van der Waals surface area contributed by atoms with E-state index in [9.17, 15) is 13.2 Å². The quantitative estimate of drug-likeness (QED) is 0.474. The van der Waals surface area contributed by atoms with E-state index in [1.54, 1.807) is 0 Å². The number of aryl methyl sites for hydroxylation is 2. The van der Waals surface area contributed by atoms with Crippen LogP contribution in [0.4, 0.5) is 11.4 Å². The fourth-order valence-electron chi connectivity index (χ4n) is 2.71. The number of carbonyl (C=O) groups is 1. The standard InChI is InChI=1S/C22H20Cl2N2O4S/c1-14-3-4-18(9-15(14)2)25-22(27)13-30-20-5-7-21(8-6-20)31(28,29)26-19-11-16(23)10-17(24)12-19/h3-12,26H,13H2,1-2H3,(H,25,27). The van der Waals surface area contributed by atoms with Crippen LogP contribution in [0.3, 0.4) is 0 Å². The topological polar surface area (TPSA) is 84.5 Å². The molecule has 3 rings (SSSR count). The van der Waals surface area contributed by atoms with Crippen molar-refractivity contribution in [1.82, 2.24) is 0 Å². The van der Waals surface area contributed by atoms with Gasteiger partial charge in [0, 0.05) is 15.7 Å². The summed E-state index contributed by atoms with van der Waals surface area (Å²) in [7, 11) is -3.85. The number of halogens is 2. The largest absolute Gasteiger partial charge is 0.484 e. The molecule has 0 aromatic heterocycles. The van der Waals surface area contributed by atoms with E-state index in [0.29, 0.717) is 21.5 Å². The number of ether oxygens (including phenoxy) is 1. The van der Waals surface area contributed by atoms with Crippen molar-refractivity contribution < 1.29 is 17.9 Å². The Kier molecular flexibility index (Phi) is 7.10. The van der Waals surface area contributed by atoms with Crippen LogP contribution in [0.25, 0.3) is 0 Å². The van der Waals surface area contributed by atoms with E-state index in [1.807, 2.05) is 32.0 Å². The summed E-state index contributed by atoms with van der Waals surface area (Å²) in [5, 5.41) is 3.39. The number of anilines is 2. The Labute approximate surface area is 191 Å². The van der Waals surface area contributed by atoms with Crippen LogP contribution in [0.2, 0.25) is 10.0 Å². The smallest absolute Gasteiger partial charge is 0.262 e. The number of hydrogen-bond donors (Lipinski definition) is 2. The van der Waals surface area contributed by atoms with Gasteiger partial charge in [-0.05, 0) is 79.6 Å². The van der Waals surface area contributed by atoms with E-state index in [2.05, 4.69) is 10.0 Å². The van der Waals surface area contributed by atoms with E-state index in [4.69, 9.17) is 27.9 Å². The number of benzene rings is 3. The maximum absolute atomic E-state index is 12.6. The van der Waals surface area contributed by atoms with Crippen LogP contribution in [-0.2, 0) is 14.8 Å². The molecule has 0 bridgehead atoms. The normalized spacial score (nSPS) is 11.1. The first-order valence-electron chi connectivity index (χ1n) is 9.21. The summed E-state index contributed by atoms with van der Waals surface area (Å²) in [5.41, 5.74) is 3.15. The molecule has 0 aliphatic carbocycles. The molecule has 6 nitrogen and oxygen atoms in total. The van der Waals surface area contributed by atoms with Gasteiger partial charge in [-0.1, -0.05) is 29.3 Å². The van der Waals surface area contributed by atoms with Crippen LogP contribution >= 0.6 is 23.2 Å². The molecule has 0 aliphatic heterocycles. The minimum atomic E-state index is -3.85. The Morgan fingerprint density at radius 1 is 0.871 bits per heavy atom. The minimum absolute atomic E-state index is 0.0236. The van der Waals surface area contributed by atoms with Crippen molar-refractivity contribution in [3.8, 4) is 5.75 Å². The van der Waals surface area contributed by atoms with Crippen molar-refractivity contribution >= 4 is 50.5 Å². The molecule has 1 amide bonds. The zero-order chi connectivity index (χ0) is 22.6. The number of amides is 1. The molecule has 0 fully saturated rings. The van der Waals surface area contributed by atoms with Crippen LogP contribution < -0.4 is 14.8 Å². The van der Waals surface area contributed by atoms with Gasteiger partial charge in [0.05, 0.1) is 10.6 Å². The number of hydrogen-bond acceptors (Lipinski definition) is 4. The second-order valence-corrected chi connectivity index (χ2v) is 9.43. The fourth-order valence-corrected chi connectivity index (χ4v) is 4.27. The Hall–Kier alpha value is -2.74. The van der Waals surface area contributed by atoms with Crippen LogP contribution in [-0.4, -0.2) is 20.9 Å². The van der Waals surface area contributed by atoms with Crippen molar-refractivity contribution in [3.05, 3.63) is 81.8 Å². The van der Waals surface area contributed by atoms with Gasteiger partial charge in [0.2, 0.25) is 0 Å². The molecule has 0 radical (unpaired) electrons. The molecule has 3 aromatic rings. The molecule has 0 aliphatic rings. The first-order valence-corrected chi connectivity index (χ1v) is 11.5. The minimum Gasteiger partial charge on any atom is -0.484 e. The lowest BCUT2D eigenvalue weighted by atomic mass is 10.1. The SMILES string of the molecule is Cc1ccc(NC(=O)COc2ccc(S(=O)(=O)Nc3cc(Cl)cc(Cl)c3)cc2)cc1C. The van der Waals surface area contributed by atoms with Gasteiger partial charge in [-0.2, -0.15) is 0 Å². The van der Waals surface area contributed by atoms with Gasteiger partial charge in [0.1, 0.15) is 5.75 Å². The van der Waals surface area contributed by atoms with Crippen LogP contribution in [0.1, 0.15) is 11.1 Å². The Morgan fingerprint density at radius 2 is 1.52 bits per heavy atom. The third kappa shape index (κ3) is 6.37. The van der Waals surface area contributed by atoms with E-state index < -0.39 is 10.0 Å². The Morgan fingerprint density at radius 3 is 2.13 bits per heavy atom. The van der Waals surface area contributed by atoms with Crippen molar-refractivity contribution in [2.45, 2.75) is 18.7 Å². The van der Waals surface area contributed by atoms with E-state index in [1.165, 1.54) is 42.5 Å². The molecule has 0 atom stereocenters. The van der Waals surface area contributed by atoms with Gasteiger partial charge in [0.15, 0.2) is 6.61 Å². The molecule has 0 unspecified atom stereocenters. The van der Waals surface area contributed by atoms with Gasteiger partial charge in [-0.3, -0.25) is 9.52 Å². The first-order chi connectivity index (χ1) is 14.6. The third-order valence-corrected chi connectivity index (χ3v) is 6.24. The average Bonchev–Trinajstić information content (AvgIpc) is 2.68. The maximum atomic E-state index is 12.6. The molecule has 0 saturated carbocycles. The summed E-state index contributed by atoms with van der Waals surface area (Å²) in [6.07, 6.45) is 0. The number of carbonyl (C=O) groups excluding carboxylic acids is 1. The fraction of sp³-hybridized carbons (Fsp3) is 0.136. The zero-order valence-electron chi connectivity index (χ0n) is 16.8. The number of sulfonamides is 1. The van der Waals surface area contributed by atoms with Crippen molar-refractivity contribution in [2.24, 2.45) is 0 Å². The molecule has 2 N–H and O–H groups in total. The lowest BCUT2D eigenvalue weighted by Gasteiger charge is -2.11. The summed E-state index contributed by atoms with van der Waals surface area (Å²) in [4.78, 5) is 12.1. The molecule has 162 valence electrons. The highest BCUT2D eigenvalue weighted by Gasteiger charge is 2.15. The summed E-state index contributed by atoms with van der Waals surface area (Å²) in [6, 6.07) is 15.8. The summed E-state index contributed by atoms with van der Waals surface area (Å²) in [6.45, 7) is 3.75. The maximum Gasteiger partial charge on any atom is 0.262 e. The molecule has 0 spiro atoms. The number of rotatable bonds is 7. The monoisotopic (exact) mass is 478 g/mol. The molecule has 0 heterocycles. The second kappa shape index (κ2) is 9.60. The summed E-state index contributed by atoms with van der Waals surface area (Å²) in [5.74, 6) is 0.0411. The van der Waals surface area contributed by atoms with Crippen LogP contribution in [0.5, 0.6) is 5.75 Å².